The summed E-state index contributed by atoms with van der Waals surface area (Å²) < 4.78 is 0. The van der Waals surface area contributed by atoms with E-state index in [0.717, 1.165) is 0 Å². The van der Waals surface area contributed by atoms with E-state index in [-0.39, 0.29) is 17.3 Å². The van der Waals surface area contributed by atoms with Crippen LogP contribution in [0.2, 0.25) is 0 Å². The number of aryl methyl sites for hydroxylation is 1. The summed E-state index contributed by atoms with van der Waals surface area (Å²) >= 11 is 0. The normalized spacial score (nSPS) is 8.93. The van der Waals surface area contributed by atoms with E-state index in [4.69, 9.17) is 5.11 Å². The zero-order chi connectivity index (χ0) is 10.0. The van der Waals surface area contributed by atoms with Gasteiger partial charge in [-0.05, 0) is 12.5 Å². The maximum atomic E-state index is 10.7. The Morgan fingerprint density at radius 2 is 1.93 bits per heavy atom. The molecule has 0 aliphatic rings. The van der Waals surface area contributed by atoms with Gasteiger partial charge in [-0.3, -0.25) is 0 Å². The summed E-state index contributed by atoms with van der Waals surface area (Å²) in [6.07, 6.45) is 0. The molecule has 5 N–H and O–H groups in total. The second kappa shape index (κ2) is 4.38. The molecular formula is C9H11NO4. The smallest absolute Gasteiger partial charge is 0.336 e. The Morgan fingerprint density at radius 1 is 1.36 bits per heavy atom. The van der Waals surface area contributed by atoms with Crippen LogP contribution in [0.3, 0.4) is 0 Å². The number of rotatable bonds is 2. The molecule has 0 saturated carbocycles. The van der Waals surface area contributed by atoms with Crippen LogP contribution in [0, 0.1) is 6.92 Å². The first-order chi connectivity index (χ1) is 6.04. The molecule has 0 atom stereocenters. The summed E-state index contributed by atoms with van der Waals surface area (Å²) in [5.74, 6) is -2.72. The van der Waals surface area contributed by atoms with Crippen molar-refractivity contribution < 1.29 is 19.8 Å². The molecule has 0 amide bonds. The molecule has 1 aromatic rings. The summed E-state index contributed by atoms with van der Waals surface area (Å²) in [5.41, 5.74) is -0.0794. The van der Waals surface area contributed by atoms with Crippen molar-refractivity contribution in [3.63, 3.8) is 0 Å². The molecule has 1 rings (SSSR count). The van der Waals surface area contributed by atoms with Crippen LogP contribution in [-0.2, 0) is 0 Å². The van der Waals surface area contributed by atoms with Crippen LogP contribution in [0.5, 0.6) is 0 Å². The maximum Gasteiger partial charge on any atom is 0.336 e. The highest BCUT2D eigenvalue weighted by molar-refractivity contribution is 6.01. The third kappa shape index (κ3) is 2.08. The van der Waals surface area contributed by atoms with Gasteiger partial charge >= 0.3 is 5.97 Å². The third-order valence-electron chi connectivity index (χ3n) is 1.71. The Hall–Kier alpha value is -1.88. The summed E-state index contributed by atoms with van der Waals surface area (Å²) in [7, 11) is 0. The van der Waals surface area contributed by atoms with Gasteiger partial charge in [-0.1, -0.05) is 18.2 Å². The summed E-state index contributed by atoms with van der Waals surface area (Å²) in [6.45, 7) is 1.54. The molecule has 76 valence electrons. The lowest BCUT2D eigenvalue weighted by atomic mass is 10.0. The van der Waals surface area contributed by atoms with Crippen molar-refractivity contribution in [1.82, 2.24) is 6.15 Å². The highest BCUT2D eigenvalue weighted by atomic mass is 16.4. The molecule has 5 nitrogen and oxygen atoms in total. The van der Waals surface area contributed by atoms with E-state index in [9.17, 15) is 14.7 Å². The third-order valence-corrected chi connectivity index (χ3v) is 1.71. The second-order valence-electron chi connectivity index (χ2n) is 2.59. The minimum absolute atomic E-state index is 0. The van der Waals surface area contributed by atoms with Crippen LogP contribution in [0.1, 0.15) is 26.3 Å². The van der Waals surface area contributed by atoms with Crippen LogP contribution in [-0.4, -0.2) is 17.0 Å². The minimum Gasteiger partial charge on any atom is -0.545 e. The number of aromatic carboxylic acids is 2. The molecule has 0 saturated heterocycles. The lowest BCUT2D eigenvalue weighted by Gasteiger charge is -2.08. The van der Waals surface area contributed by atoms with Gasteiger partial charge in [0.25, 0.3) is 0 Å². The van der Waals surface area contributed by atoms with E-state index in [1.54, 1.807) is 0 Å². The standard InChI is InChI=1S/C9H8O4.H3N/c1-5-3-2-4-6(8(10)11)7(5)9(12)13;/h2-4H,1H3,(H,10,11)(H,12,13);1H3. The fourth-order valence-electron chi connectivity index (χ4n) is 1.12. The Morgan fingerprint density at radius 3 is 2.29 bits per heavy atom. The first-order valence-electron chi connectivity index (χ1n) is 3.58. The van der Waals surface area contributed by atoms with Gasteiger partial charge in [0.15, 0.2) is 0 Å². The van der Waals surface area contributed by atoms with Crippen LogP contribution in [0.15, 0.2) is 18.2 Å². The van der Waals surface area contributed by atoms with E-state index in [1.165, 1.54) is 25.1 Å². The average Bonchev–Trinajstić information content (AvgIpc) is 2.02. The highest BCUT2D eigenvalue weighted by Gasteiger charge is 2.12. The first-order valence-corrected chi connectivity index (χ1v) is 3.58. The Kier molecular flexibility index (Phi) is 3.79. The number of carbonyl (C=O) groups excluding carboxylic acids is 1. The molecule has 5 heteroatoms. The second-order valence-corrected chi connectivity index (χ2v) is 2.59. The van der Waals surface area contributed by atoms with Gasteiger partial charge in [-0.2, -0.15) is 0 Å². The van der Waals surface area contributed by atoms with Crippen molar-refractivity contribution in [3.05, 3.63) is 34.9 Å². The fourth-order valence-corrected chi connectivity index (χ4v) is 1.12. The topological polar surface area (TPSA) is 114 Å². The highest BCUT2D eigenvalue weighted by Crippen LogP contribution is 2.13. The quantitative estimate of drug-likeness (QED) is 0.715. The minimum atomic E-state index is -1.47. The van der Waals surface area contributed by atoms with Gasteiger partial charge in [-0.25, -0.2) is 4.79 Å². The number of benzene rings is 1. The van der Waals surface area contributed by atoms with Gasteiger partial charge in [-0.15, -0.1) is 0 Å². The molecule has 0 spiro atoms. The molecule has 0 aromatic heterocycles. The largest absolute Gasteiger partial charge is 0.545 e. The lowest BCUT2D eigenvalue weighted by Crippen LogP contribution is -2.25. The van der Waals surface area contributed by atoms with Crippen molar-refractivity contribution in [3.8, 4) is 0 Å². The Bertz CT molecular complexity index is 373. The first kappa shape index (κ1) is 12.1. The van der Waals surface area contributed by atoms with Crippen molar-refractivity contribution in [2.45, 2.75) is 6.92 Å². The molecule has 0 radical (unpaired) electrons. The van der Waals surface area contributed by atoms with Crippen LogP contribution in [0.4, 0.5) is 0 Å². The van der Waals surface area contributed by atoms with E-state index in [0.29, 0.717) is 5.56 Å². The van der Waals surface area contributed by atoms with Crippen LogP contribution >= 0.6 is 0 Å². The number of hydrogen-bond donors (Lipinski definition) is 2. The van der Waals surface area contributed by atoms with Gasteiger partial charge < -0.3 is 21.2 Å². The van der Waals surface area contributed by atoms with Gasteiger partial charge in [0, 0.05) is 5.56 Å². The molecule has 0 heterocycles. The molecule has 0 fully saturated rings. The molecule has 0 bridgehead atoms. The Labute approximate surface area is 80.6 Å². The fraction of sp³-hybridized carbons (Fsp3) is 0.111. The monoisotopic (exact) mass is 197 g/mol. The van der Waals surface area contributed by atoms with Crippen molar-refractivity contribution in [2.75, 3.05) is 0 Å². The number of carbonyl (C=O) groups is 2. The van der Waals surface area contributed by atoms with E-state index in [1.807, 2.05) is 0 Å². The molecule has 14 heavy (non-hydrogen) atoms. The summed E-state index contributed by atoms with van der Waals surface area (Å²) in [6, 6.07) is 4.23. The van der Waals surface area contributed by atoms with Crippen molar-refractivity contribution >= 4 is 11.9 Å². The van der Waals surface area contributed by atoms with Crippen molar-refractivity contribution in [2.24, 2.45) is 0 Å². The van der Waals surface area contributed by atoms with E-state index in [2.05, 4.69) is 0 Å². The number of hydrogen-bond acceptors (Lipinski definition) is 3. The number of carboxylic acids is 2. The Balaban J connectivity index is 0.00000169. The zero-order valence-electron chi connectivity index (χ0n) is 7.90. The zero-order valence-corrected chi connectivity index (χ0v) is 7.90. The number of carboxylic acid groups (broad SMARTS) is 2. The molecule has 0 aliphatic carbocycles. The predicted molar refractivity (Wildman–Crippen MR) is 48.5 cm³/mol. The van der Waals surface area contributed by atoms with Crippen LogP contribution < -0.4 is 11.3 Å². The van der Waals surface area contributed by atoms with Crippen molar-refractivity contribution in [1.29, 1.82) is 0 Å². The summed E-state index contributed by atoms with van der Waals surface area (Å²) in [4.78, 5) is 21.2. The van der Waals surface area contributed by atoms with Gasteiger partial charge in [0.1, 0.15) is 0 Å². The predicted octanol–water partition coefficient (Wildman–Crippen LogP) is 0.433. The van der Waals surface area contributed by atoms with Crippen LogP contribution in [0.25, 0.3) is 0 Å². The SMILES string of the molecule is Cc1cccc(C(=O)[O-])c1C(=O)O.[NH4+]. The lowest BCUT2D eigenvalue weighted by molar-refractivity contribution is -0.255. The molecule has 1 aromatic carbocycles. The van der Waals surface area contributed by atoms with Gasteiger partial charge in [0.05, 0.1) is 11.5 Å². The molecule has 0 aliphatic heterocycles. The molecular weight excluding hydrogens is 186 g/mol. The maximum absolute atomic E-state index is 10.7. The van der Waals surface area contributed by atoms with E-state index >= 15 is 0 Å². The average molecular weight is 197 g/mol. The van der Waals surface area contributed by atoms with E-state index < -0.39 is 11.9 Å². The number of quaternary nitrogens is 1. The summed E-state index contributed by atoms with van der Waals surface area (Å²) in [5, 5.41) is 19.2. The molecule has 0 unspecified atom stereocenters. The van der Waals surface area contributed by atoms with Gasteiger partial charge in [0.2, 0.25) is 0 Å².